The van der Waals surface area contributed by atoms with Crippen molar-refractivity contribution in [2.45, 2.75) is 6.92 Å². The number of ether oxygens (including phenoxy) is 1. The normalized spacial score (nSPS) is 13.1. The third kappa shape index (κ3) is 3.63. The minimum absolute atomic E-state index is 0.916. The number of benzene rings is 2. The van der Waals surface area contributed by atoms with Gasteiger partial charge in [-0.1, -0.05) is 36.4 Å². The highest BCUT2D eigenvalue weighted by atomic mass is 16.5. The molecule has 25 heavy (non-hydrogen) atoms. The van der Waals surface area contributed by atoms with Crippen molar-refractivity contribution in [1.82, 2.24) is 0 Å². The van der Waals surface area contributed by atoms with Gasteiger partial charge in [0.1, 0.15) is 19.8 Å². The summed E-state index contributed by atoms with van der Waals surface area (Å²) in [7, 11) is 5.83. The van der Waals surface area contributed by atoms with Crippen molar-refractivity contribution in [2.24, 2.45) is 0 Å². The van der Waals surface area contributed by atoms with Gasteiger partial charge in [0, 0.05) is 12.2 Å². The fourth-order valence-corrected chi connectivity index (χ4v) is 3.06. The Hall–Kier alpha value is -2.87. The van der Waals surface area contributed by atoms with Gasteiger partial charge in [-0.25, -0.2) is 4.58 Å². The average Bonchev–Trinajstić information content (AvgIpc) is 2.63. The molecule has 1 aliphatic rings. The lowest BCUT2D eigenvalue weighted by molar-refractivity contribution is -0.462. The molecule has 2 aromatic carbocycles. The molecule has 126 valence electrons. The fourth-order valence-electron chi connectivity index (χ4n) is 3.06. The zero-order chi connectivity index (χ0) is 17.8. The van der Waals surface area contributed by atoms with Gasteiger partial charge in [-0.2, -0.15) is 0 Å². The van der Waals surface area contributed by atoms with Gasteiger partial charge in [-0.05, 0) is 59.0 Å². The van der Waals surface area contributed by atoms with E-state index in [0.29, 0.717) is 0 Å². The van der Waals surface area contributed by atoms with E-state index < -0.39 is 0 Å². The van der Waals surface area contributed by atoms with E-state index in [-0.39, 0.29) is 0 Å². The number of aryl methyl sites for hydroxylation is 1. The first-order chi connectivity index (χ1) is 12.1. The summed E-state index contributed by atoms with van der Waals surface area (Å²) in [5.41, 5.74) is 7.19. The van der Waals surface area contributed by atoms with Crippen LogP contribution >= 0.6 is 0 Å². The smallest absolute Gasteiger partial charge is 0.199 e. The molecule has 0 saturated heterocycles. The zero-order valence-electron chi connectivity index (χ0n) is 15.3. The van der Waals surface area contributed by atoms with E-state index in [0.717, 1.165) is 11.3 Å². The third-order valence-corrected chi connectivity index (χ3v) is 4.42. The van der Waals surface area contributed by atoms with E-state index in [2.05, 4.69) is 92.4 Å². The second-order valence-electron chi connectivity index (χ2n) is 6.37. The summed E-state index contributed by atoms with van der Waals surface area (Å²) in [5.74, 6) is 0.916. The van der Waals surface area contributed by atoms with Crippen LogP contribution in [0, 0.1) is 6.92 Å². The first-order valence-corrected chi connectivity index (χ1v) is 8.45. The molecule has 0 spiro atoms. The summed E-state index contributed by atoms with van der Waals surface area (Å²) in [5, 5.41) is 0. The SMILES string of the molecule is COc1ccc(C(=C2C=CC(=[N+](C)C)C=C2)c2ccccc2)cc1C. The highest BCUT2D eigenvalue weighted by Crippen LogP contribution is 2.32. The van der Waals surface area contributed by atoms with E-state index in [4.69, 9.17) is 4.74 Å². The van der Waals surface area contributed by atoms with Crippen molar-refractivity contribution in [2.75, 3.05) is 21.2 Å². The molecule has 0 unspecified atom stereocenters. The van der Waals surface area contributed by atoms with Crippen LogP contribution in [0.1, 0.15) is 16.7 Å². The van der Waals surface area contributed by atoms with Crippen LogP contribution in [0.5, 0.6) is 5.75 Å². The molecule has 1 aliphatic carbocycles. The minimum atomic E-state index is 0.916. The maximum atomic E-state index is 5.42. The van der Waals surface area contributed by atoms with E-state index >= 15 is 0 Å². The molecule has 0 N–H and O–H groups in total. The highest BCUT2D eigenvalue weighted by molar-refractivity contribution is 6.03. The lowest BCUT2D eigenvalue weighted by Gasteiger charge is -2.15. The molecule has 0 radical (unpaired) electrons. The third-order valence-electron chi connectivity index (χ3n) is 4.42. The highest BCUT2D eigenvalue weighted by Gasteiger charge is 2.13. The van der Waals surface area contributed by atoms with Crippen molar-refractivity contribution in [3.8, 4) is 5.75 Å². The summed E-state index contributed by atoms with van der Waals surface area (Å²) in [6.45, 7) is 2.08. The van der Waals surface area contributed by atoms with E-state index in [1.54, 1.807) is 7.11 Å². The summed E-state index contributed by atoms with van der Waals surface area (Å²) < 4.78 is 7.53. The molecule has 0 bridgehead atoms. The Morgan fingerprint density at radius 2 is 1.52 bits per heavy atom. The van der Waals surface area contributed by atoms with Crippen LogP contribution in [0.4, 0.5) is 0 Å². The predicted molar refractivity (Wildman–Crippen MR) is 106 cm³/mol. The predicted octanol–water partition coefficient (Wildman–Crippen LogP) is 4.64. The van der Waals surface area contributed by atoms with E-state index in [1.165, 1.54) is 28.0 Å². The van der Waals surface area contributed by atoms with E-state index in [1.807, 2.05) is 6.07 Å². The van der Waals surface area contributed by atoms with Gasteiger partial charge in [0.2, 0.25) is 0 Å². The summed E-state index contributed by atoms with van der Waals surface area (Å²) in [6.07, 6.45) is 8.71. The quantitative estimate of drug-likeness (QED) is 0.747. The summed E-state index contributed by atoms with van der Waals surface area (Å²) in [6, 6.07) is 16.9. The Morgan fingerprint density at radius 3 is 2.08 bits per heavy atom. The topological polar surface area (TPSA) is 12.2 Å². The van der Waals surface area contributed by atoms with Gasteiger partial charge >= 0.3 is 0 Å². The molecule has 0 aliphatic heterocycles. The maximum absolute atomic E-state index is 5.42. The van der Waals surface area contributed by atoms with Crippen LogP contribution in [0.3, 0.4) is 0 Å². The lowest BCUT2D eigenvalue weighted by atomic mass is 9.90. The summed E-state index contributed by atoms with van der Waals surface area (Å²) in [4.78, 5) is 0. The molecule has 0 fully saturated rings. The maximum Gasteiger partial charge on any atom is 0.199 e. The van der Waals surface area contributed by atoms with Crippen molar-refractivity contribution >= 4 is 11.3 Å². The van der Waals surface area contributed by atoms with Crippen molar-refractivity contribution in [3.05, 3.63) is 95.1 Å². The first kappa shape index (κ1) is 17.0. The molecule has 3 rings (SSSR count). The van der Waals surface area contributed by atoms with Crippen LogP contribution in [-0.2, 0) is 0 Å². The standard InChI is InChI=1S/C23H24NO/c1-17-16-20(12-15-22(17)25-4)23(18-8-6-5-7-9-18)19-10-13-21(14-11-19)24(2)3/h5-16H,1-4H3/q+1. The molecule has 2 nitrogen and oxygen atoms in total. The molecular formula is C23H24NO+. The van der Waals surface area contributed by atoms with Gasteiger partial charge in [-0.15, -0.1) is 0 Å². The van der Waals surface area contributed by atoms with Crippen LogP contribution in [0.2, 0.25) is 0 Å². The number of methoxy groups -OCH3 is 1. The Kier molecular flexibility index (Phi) is 4.99. The van der Waals surface area contributed by atoms with Gasteiger partial charge in [0.15, 0.2) is 5.71 Å². The number of hydrogen-bond donors (Lipinski definition) is 0. The number of allylic oxidation sites excluding steroid dienone is 5. The Labute approximate surface area is 150 Å². The van der Waals surface area contributed by atoms with Crippen LogP contribution in [-0.4, -0.2) is 31.5 Å². The Balaban J connectivity index is 2.18. The van der Waals surface area contributed by atoms with Crippen LogP contribution < -0.4 is 4.74 Å². The minimum Gasteiger partial charge on any atom is -0.496 e. The number of nitrogens with zero attached hydrogens (tertiary/aromatic N) is 1. The molecule has 2 aromatic rings. The van der Waals surface area contributed by atoms with Crippen LogP contribution in [0.15, 0.2) is 78.4 Å². The number of rotatable bonds is 3. The number of hydrogen-bond acceptors (Lipinski definition) is 1. The molecule has 0 aromatic heterocycles. The lowest BCUT2D eigenvalue weighted by Crippen LogP contribution is -2.10. The zero-order valence-corrected chi connectivity index (χ0v) is 15.3. The molecule has 0 saturated carbocycles. The van der Waals surface area contributed by atoms with Gasteiger partial charge < -0.3 is 4.74 Å². The molecule has 0 heterocycles. The summed E-state index contributed by atoms with van der Waals surface area (Å²) >= 11 is 0. The molecule has 0 amide bonds. The van der Waals surface area contributed by atoms with Crippen molar-refractivity contribution in [3.63, 3.8) is 0 Å². The molecule has 0 atom stereocenters. The van der Waals surface area contributed by atoms with Gasteiger partial charge in [0.05, 0.1) is 7.11 Å². The second kappa shape index (κ2) is 7.35. The monoisotopic (exact) mass is 330 g/mol. The molecular weight excluding hydrogens is 306 g/mol. The Morgan fingerprint density at radius 1 is 0.840 bits per heavy atom. The van der Waals surface area contributed by atoms with Crippen molar-refractivity contribution in [1.29, 1.82) is 0 Å². The Bertz CT molecular complexity index is 877. The molecule has 2 heteroatoms. The first-order valence-electron chi connectivity index (χ1n) is 8.45. The van der Waals surface area contributed by atoms with Crippen LogP contribution in [0.25, 0.3) is 5.57 Å². The average molecular weight is 330 g/mol. The largest absolute Gasteiger partial charge is 0.496 e. The fraction of sp³-hybridized carbons (Fsp3) is 0.174. The van der Waals surface area contributed by atoms with Crippen molar-refractivity contribution < 1.29 is 9.31 Å². The van der Waals surface area contributed by atoms with Gasteiger partial charge in [0.25, 0.3) is 0 Å². The van der Waals surface area contributed by atoms with Gasteiger partial charge in [-0.3, -0.25) is 0 Å². The van der Waals surface area contributed by atoms with E-state index in [9.17, 15) is 0 Å². The second-order valence-corrected chi connectivity index (χ2v) is 6.37.